The molecule has 0 saturated carbocycles. The topological polar surface area (TPSA) is 200 Å². The molecule has 2 aliphatic rings. The number of nitrogens with one attached hydrogen (secondary N) is 4. The van der Waals surface area contributed by atoms with Crippen molar-refractivity contribution in [2.24, 2.45) is 4.99 Å². The van der Waals surface area contributed by atoms with Crippen molar-refractivity contribution in [1.82, 2.24) is 20.6 Å². The molecule has 38 heavy (non-hydrogen) atoms. The van der Waals surface area contributed by atoms with E-state index in [2.05, 4.69) is 25.6 Å². The molecule has 2 aliphatic heterocycles. The summed E-state index contributed by atoms with van der Waals surface area (Å²) in [5, 5.41) is 15.8. The quantitative estimate of drug-likeness (QED) is 0.118. The lowest BCUT2D eigenvalue weighted by Crippen LogP contribution is -2.22. The number of H-pyrrole nitrogens is 2. The summed E-state index contributed by atoms with van der Waals surface area (Å²) in [6.45, 7) is 0. The molecule has 1 fully saturated rings. The van der Waals surface area contributed by atoms with Crippen LogP contribution in [0.2, 0.25) is 5.02 Å². The average molecular weight is 535 g/mol. The number of aromatic hydroxyl groups is 1. The Bertz CT molecular complexity index is 1710. The van der Waals surface area contributed by atoms with E-state index < -0.39 is 23.5 Å². The van der Waals surface area contributed by atoms with Crippen molar-refractivity contribution in [1.29, 1.82) is 0 Å². The number of urea groups is 1. The molecule has 0 atom stereocenters. The summed E-state index contributed by atoms with van der Waals surface area (Å²) in [7, 11) is 0. The van der Waals surface area contributed by atoms with Crippen LogP contribution in [0, 0.1) is 0 Å². The van der Waals surface area contributed by atoms with E-state index in [1.165, 1.54) is 6.08 Å². The minimum Gasteiger partial charge on any atom is -0.493 e. The minimum absolute atomic E-state index is 0.161. The van der Waals surface area contributed by atoms with Crippen LogP contribution in [0.25, 0.3) is 18.2 Å². The van der Waals surface area contributed by atoms with Crippen LogP contribution in [-0.2, 0) is 14.4 Å². The molecule has 192 valence electrons. The van der Waals surface area contributed by atoms with E-state index >= 15 is 0 Å². The highest BCUT2D eigenvalue weighted by molar-refractivity contribution is 6.57. The first-order valence-electron chi connectivity index (χ1n) is 10.9. The highest BCUT2D eigenvalue weighted by Gasteiger charge is 2.23. The number of carbonyl (C=O) groups excluding carboxylic acids is 4. The van der Waals surface area contributed by atoms with Gasteiger partial charge in [-0.2, -0.15) is 0 Å². The highest BCUT2D eigenvalue weighted by atomic mass is 35.5. The van der Waals surface area contributed by atoms with E-state index in [1.54, 1.807) is 54.6 Å². The third-order valence-electron chi connectivity index (χ3n) is 5.17. The van der Waals surface area contributed by atoms with Gasteiger partial charge in [0.2, 0.25) is 5.88 Å². The molecular formula is C25H19ClN6O6. The predicted molar refractivity (Wildman–Crippen MR) is 139 cm³/mol. The standard InChI is InChI=1S/C15H11N3O4.C10H8ClN3O2/c19-12-7-13(20)16-10(12)5-8-1-3-9(4-2-8)6-11-14(21)18-15(22)17-11;11-7-4-6(12)2-1-5(7)3-8-9(15)14-10(16)13-8/h1-6,21H,7H2,(H2,17,18,22);1-4H,12H2,(H2,13,14,15,16)/b;8-3-. The van der Waals surface area contributed by atoms with Crippen LogP contribution >= 0.6 is 11.6 Å². The van der Waals surface area contributed by atoms with Gasteiger partial charge in [0, 0.05) is 10.7 Å². The summed E-state index contributed by atoms with van der Waals surface area (Å²) in [6.07, 6.45) is 4.46. The number of aliphatic imine (C=N–C) groups is 1. The number of rotatable bonds is 3. The molecule has 4 amide bonds. The molecule has 1 aromatic heterocycles. The van der Waals surface area contributed by atoms with Gasteiger partial charge in [0.15, 0.2) is 5.78 Å². The van der Waals surface area contributed by atoms with Crippen molar-refractivity contribution in [3.63, 3.8) is 0 Å². The van der Waals surface area contributed by atoms with Gasteiger partial charge in [0.1, 0.15) is 17.1 Å². The second-order valence-corrected chi connectivity index (χ2v) is 8.44. The number of anilines is 1. The molecule has 0 unspecified atom stereocenters. The summed E-state index contributed by atoms with van der Waals surface area (Å²) >= 11 is 5.92. The number of nitrogens with two attached hydrogens (primary N) is 1. The van der Waals surface area contributed by atoms with Gasteiger partial charge in [-0.15, -0.1) is 0 Å². The molecule has 13 heteroatoms. The largest absolute Gasteiger partial charge is 0.493 e. The second kappa shape index (κ2) is 10.8. The first kappa shape index (κ1) is 25.9. The number of hydrogen-bond donors (Lipinski definition) is 6. The zero-order valence-corrected chi connectivity index (χ0v) is 20.1. The maximum absolute atomic E-state index is 11.5. The number of imidazole rings is 1. The molecule has 0 aliphatic carbocycles. The molecule has 0 bridgehead atoms. The normalized spacial score (nSPS) is 15.5. The fourth-order valence-electron chi connectivity index (χ4n) is 3.38. The molecule has 1 saturated heterocycles. The van der Waals surface area contributed by atoms with Gasteiger partial charge in [-0.3, -0.25) is 24.7 Å². The van der Waals surface area contributed by atoms with Gasteiger partial charge in [0.25, 0.3) is 11.8 Å². The van der Waals surface area contributed by atoms with Gasteiger partial charge in [-0.25, -0.2) is 14.6 Å². The first-order valence-corrected chi connectivity index (χ1v) is 11.3. The third-order valence-corrected chi connectivity index (χ3v) is 5.50. The highest BCUT2D eigenvalue weighted by Crippen LogP contribution is 2.21. The molecule has 5 rings (SSSR count). The Morgan fingerprint density at radius 3 is 2.11 bits per heavy atom. The van der Waals surface area contributed by atoms with E-state index in [9.17, 15) is 29.1 Å². The van der Waals surface area contributed by atoms with Gasteiger partial charge < -0.3 is 21.1 Å². The van der Waals surface area contributed by atoms with E-state index in [0.717, 1.165) is 10.4 Å². The maximum Gasteiger partial charge on any atom is 0.326 e. The fraction of sp³-hybridized carbons (Fsp3) is 0.0400. The number of Topliss-reactive ketones (excluding diaryl/α,β-unsaturated/α-hetero) is 1. The summed E-state index contributed by atoms with van der Waals surface area (Å²) < 4.78 is 0. The monoisotopic (exact) mass is 534 g/mol. The van der Waals surface area contributed by atoms with Crippen molar-refractivity contribution in [3.8, 4) is 5.88 Å². The Morgan fingerprint density at radius 1 is 0.895 bits per heavy atom. The number of nitrogens with zero attached hydrogens (tertiary/aromatic N) is 1. The van der Waals surface area contributed by atoms with E-state index in [4.69, 9.17) is 17.3 Å². The number of carbonyl (C=O) groups is 4. The SMILES string of the molecule is Nc1ccc(/C=C2\NC(=O)NC2=O)c(Cl)c1.O=C1CC(=O)C(C=c2ccc(=Cc3[nH]c(=O)[nH]c3O)cc2)=N1. The van der Waals surface area contributed by atoms with Crippen molar-refractivity contribution in [3.05, 3.63) is 85.4 Å². The number of aromatic nitrogens is 2. The summed E-state index contributed by atoms with van der Waals surface area (Å²) in [6, 6.07) is 11.3. The van der Waals surface area contributed by atoms with Crippen molar-refractivity contribution in [2.75, 3.05) is 5.73 Å². The molecule has 7 N–H and O–H groups in total. The zero-order chi connectivity index (χ0) is 27.4. The van der Waals surface area contributed by atoms with Gasteiger partial charge in [0.05, 0.1) is 6.42 Å². The van der Waals surface area contributed by atoms with E-state index in [1.807, 2.05) is 0 Å². The lowest BCUT2D eigenvalue weighted by molar-refractivity contribution is -0.121. The number of aromatic amines is 2. The van der Waals surface area contributed by atoms with Gasteiger partial charge in [-0.1, -0.05) is 41.9 Å². The third kappa shape index (κ3) is 6.30. The van der Waals surface area contributed by atoms with Crippen LogP contribution in [0.4, 0.5) is 10.5 Å². The Morgan fingerprint density at radius 2 is 1.58 bits per heavy atom. The zero-order valence-electron chi connectivity index (χ0n) is 19.4. The Balaban J connectivity index is 0.000000186. The number of ketones is 1. The number of halogens is 1. The summed E-state index contributed by atoms with van der Waals surface area (Å²) in [4.78, 5) is 64.0. The molecule has 3 aromatic rings. The number of imide groups is 1. The number of amides is 4. The molecule has 12 nitrogen and oxygen atoms in total. The van der Waals surface area contributed by atoms with Crippen LogP contribution in [0.1, 0.15) is 17.7 Å². The maximum atomic E-state index is 11.5. The van der Waals surface area contributed by atoms with Crippen LogP contribution in [0.5, 0.6) is 5.88 Å². The van der Waals surface area contributed by atoms with Gasteiger partial charge in [-0.05, 0) is 46.4 Å². The second-order valence-electron chi connectivity index (χ2n) is 8.03. The van der Waals surface area contributed by atoms with E-state index in [-0.39, 0.29) is 35.2 Å². The number of nitrogen functional groups attached to an aromatic ring is 1. The van der Waals surface area contributed by atoms with Crippen molar-refractivity contribution < 1.29 is 24.3 Å². The number of hydrogen-bond acceptors (Lipinski definition) is 7. The molecular weight excluding hydrogens is 516 g/mol. The molecule has 0 spiro atoms. The lowest BCUT2D eigenvalue weighted by atomic mass is 10.1. The van der Waals surface area contributed by atoms with Crippen LogP contribution in [0.15, 0.2) is 57.9 Å². The Kier molecular flexibility index (Phi) is 7.35. The Labute approximate surface area is 218 Å². The summed E-state index contributed by atoms with van der Waals surface area (Å²) in [5.41, 5.74) is 6.79. The number of benzene rings is 2. The molecule has 0 radical (unpaired) electrons. The summed E-state index contributed by atoms with van der Waals surface area (Å²) in [5.74, 6) is -1.41. The lowest BCUT2D eigenvalue weighted by Gasteiger charge is -2.00. The van der Waals surface area contributed by atoms with Crippen LogP contribution in [0.3, 0.4) is 0 Å². The minimum atomic E-state index is -0.539. The predicted octanol–water partition coefficient (Wildman–Crippen LogP) is 0.0608. The molecule has 2 aromatic carbocycles. The first-order chi connectivity index (χ1) is 18.1. The smallest absolute Gasteiger partial charge is 0.326 e. The molecule has 3 heterocycles. The Hall–Kier alpha value is -5.23. The van der Waals surface area contributed by atoms with Crippen molar-refractivity contribution in [2.45, 2.75) is 6.42 Å². The van der Waals surface area contributed by atoms with Gasteiger partial charge >= 0.3 is 11.7 Å². The fourth-order valence-corrected chi connectivity index (χ4v) is 3.62. The van der Waals surface area contributed by atoms with Crippen molar-refractivity contribution >= 4 is 64.9 Å². The van der Waals surface area contributed by atoms with Crippen LogP contribution in [-0.4, -0.2) is 44.4 Å². The van der Waals surface area contributed by atoms with Crippen LogP contribution < -0.4 is 32.5 Å². The van der Waals surface area contributed by atoms with E-state index in [0.29, 0.717) is 16.3 Å². The average Bonchev–Trinajstić information content (AvgIpc) is 3.46.